The Morgan fingerprint density at radius 2 is 1.96 bits per heavy atom. The van der Waals surface area contributed by atoms with Gasteiger partial charge in [0, 0.05) is 19.2 Å². The SMILES string of the molecule is CC.CC.CC(=O)OCC(C)C[C@H](C)N1C=CC(n2cncn2)NC1=O. The summed E-state index contributed by atoms with van der Waals surface area (Å²) in [7, 11) is 0. The predicted octanol–water partition coefficient (Wildman–Crippen LogP) is 3.35. The van der Waals surface area contributed by atoms with Crippen molar-refractivity contribution in [3.8, 4) is 0 Å². The molecule has 0 bridgehead atoms. The van der Waals surface area contributed by atoms with Crippen molar-refractivity contribution in [1.82, 2.24) is 25.0 Å². The smallest absolute Gasteiger partial charge is 0.323 e. The largest absolute Gasteiger partial charge is 0.466 e. The van der Waals surface area contributed by atoms with E-state index in [1.54, 1.807) is 22.1 Å². The molecule has 8 nitrogen and oxygen atoms in total. The molecule has 1 N–H and O–H groups in total. The summed E-state index contributed by atoms with van der Waals surface area (Å²) >= 11 is 0. The van der Waals surface area contributed by atoms with Gasteiger partial charge in [0.05, 0.1) is 6.61 Å². The van der Waals surface area contributed by atoms with E-state index in [9.17, 15) is 9.59 Å². The molecule has 0 aliphatic carbocycles. The number of aromatic nitrogens is 3. The number of nitrogens with one attached hydrogen (secondary N) is 1. The molecule has 0 spiro atoms. The van der Waals surface area contributed by atoms with Crippen molar-refractivity contribution >= 4 is 12.0 Å². The summed E-state index contributed by atoms with van der Waals surface area (Å²) in [5.41, 5.74) is 0. The van der Waals surface area contributed by atoms with Crippen LogP contribution < -0.4 is 5.32 Å². The zero-order valence-electron chi connectivity index (χ0n) is 17.0. The lowest BCUT2D eigenvalue weighted by Gasteiger charge is -2.32. The summed E-state index contributed by atoms with van der Waals surface area (Å²) in [6, 6.07) is -0.186. The van der Waals surface area contributed by atoms with Crippen molar-refractivity contribution in [1.29, 1.82) is 0 Å². The second-order valence-electron chi connectivity index (χ2n) is 5.51. The van der Waals surface area contributed by atoms with Gasteiger partial charge in [0.2, 0.25) is 0 Å². The molecule has 2 amide bonds. The zero-order valence-corrected chi connectivity index (χ0v) is 17.0. The van der Waals surface area contributed by atoms with Crippen LogP contribution in [0.4, 0.5) is 4.79 Å². The molecular formula is C18H33N5O3. The summed E-state index contributed by atoms with van der Waals surface area (Å²) in [5, 5.41) is 6.85. The predicted molar refractivity (Wildman–Crippen MR) is 101 cm³/mol. The molecule has 0 aromatic carbocycles. The molecule has 2 unspecified atom stereocenters. The minimum absolute atomic E-state index is 0.00138. The molecule has 8 heteroatoms. The second kappa shape index (κ2) is 12.9. The maximum absolute atomic E-state index is 12.2. The van der Waals surface area contributed by atoms with Crippen LogP contribution in [0.5, 0.6) is 0 Å². The molecule has 1 aliphatic rings. The zero-order chi connectivity index (χ0) is 20.1. The van der Waals surface area contributed by atoms with Crippen LogP contribution in [0, 0.1) is 5.92 Å². The van der Waals surface area contributed by atoms with E-state index in [4.69, 9.17) is 4.74 Å². The van der Waals surface area contributed by atoms with Crippen LogP contribution in [0.15, 0.2) is 24.9 Å². The second-order valence-corrected chi connectivity index (χ2v) is 5.51. The molecular weight excluding hydrogens is 334 g/mol. The molecule has 3 atom stereocenters. The van der Waals surface area contributed by atoms with Crippen LogP contribution in [0.3, 0.4) is 0 Å². The number of amides is 2. The van der Waals surface area contributed by atoms with Gasteiger partial charge in [-0.2, -0.15) is 5.10 Å². The molecule has 1 aliphatic heterocycles. The number of esters is 1. The Morgan fingerprint density at radius 3 is 2.46 bits per heavy atom. The third kappa shape index (κ3) is 7.67. The lowest BCUT2D eigenvalue weighted by Crippen LogP contribution is -2.47. The van der Waals surface area contributed by atoms with Gasteiger partial charge in [0.15, 0.2) is 0 Å². The molecule has 0 radical (unpaired) electrons. The Hall–Kier alpha value is -2.38. The van der Waals surface area contributed by atoms with E-state index in [-0.39, 0.29) is 30.1 Å². The van der Waals surface area contributed by atoms with E-state index >= 15 is 0 Å². The lowest BCUT2D eigenvalue weighted by molar-refractivity contribution is -0.142. The molecule has 2 rings (SSSR count). The number of hydrogen-bond donors (Lipinski definition) is 1. The van der Waals surface area contributed by atoms with E-state index in [1.807, 2.05) is 47.6 Å². The highest BCUT2D eigenvalue weighted by atomic mass is 16.5. The summed E-state index contributed by atoms with van der Waals surface area (Å²) in [5.74, 6) is -0.112. The Bertz CT molecular complexity index is 545. The standard InChI is InChI=1S/C14H21N5O3.2C2H6/c1-10(7-22-12(3)20)6-11(2)18-5-4-13(17-14(18)21)19-9-15-8-16-19;2*1-2/h4-5,8-11,13H,6-7H2,1-3H3,(H,17,21);2*1-2H3/t10?,11-,13?;;/m0../s1. The van der Waals surface area contributed by atoms with Crippen LogP contribution in [0.25, 0.3) is 0 Å². The number of urea groups is 1. The third-order valence-electron chi connectivity index (χ3n) is 3.45. The lowest BCUT2D eigenvalue weighted by atomic mass is 10.0. The first-order valence-corrected chi connectivity index (χ1v) is 9.22. The van der Waals surface area contributed by atoms with Crippen molar-refractivity contribution in [2.24, 2.45) is 5.92 Å². The highest BCUT2D eigenvalue weighted by molar-refractivity contribution is 5.77. The topological polar surface area (TPSA) is 89.3 Å². The van der Waals surface area contributed by atoms with Gasteiger partial charge in [-0.25, -0.2) is 14.5 Å². The van der Waals surface area contributed by atoms with Gasteiger partial charge < -0.3 is 10.1 Å². The first-order valence-electron chi connectivity index (χ1n) is 9.22. The van der Waals surface area contributed by atoms with Crippen LogP contribution >= 0.6 is 0 Å². The number of rotatable bonds is 6. The maximum Gasteiger partial charge on any atom is 0.323 e. The maximum atomic E-state index is 12.2. The van der Waals surface area contributed by atoms with Crippen LogP contribution in [0.2, 0.25) is 0 Å². The highest BCUT2D eigenvalue weighted by Gasteiger charge is 2.26. The van der Waals surface area contributed by atoms with E-state index in [0.717, 1.165) is 6.42 Å². The van der Waals surface area contributed by atoms with Gasteiger partial charge in [-0.1, -0.05) is 34.6 Å². The fourth-order valence-electron chi connectivity index (χ4n) is 2.38. The first-order chi connectivity index (χ1) is 12.5. The van der Waals surface area contributed by atoms with E-state index in [2.05, 4.69) is 15.4 Å². The Balaban J connectivity index is 0.00000146. The minimum atomic E-state index is -0.322. The quantitative estimate of drug-likeness (QED) is 0.779. The molecule has 26 heavy (non-hydrogen) atoms. The first kappa shape index (κ1) is 23.6. The van der Waals surface area contributed by atoms with E-state index in [1.165, 1.54) is 13.3 Å². The Kier molecular flexibility index (Phi) is 11.7. The van der Waals surface area contributed by atoms with Gasteiger partial charge in [-0.3, -0.25) is 9.69 Å². The Morgan fingerprint density at radius 1 is 1.31 bits per heavy atom. The summed E-state index contributed by atoms with van der Waals surface area (Å²) < 4.78 is 6.56. The van der Waals surface area contributed by atoms with Gasteiger partial charge >= 0.3 is 12.0 Å². The number of carbonyl (C=O) groups is 2. The van der Waals surface area contributed by atoms with Crippen molar-refractivity contribution in [3.05, 3.63) is 24.9 Å². The number of ether oxygens (including phenoxy) is 1. The van der Waals surface area contributed by atoms with Gasteiger partial charge in [-0.05, 0) is 25.3 Å². The molecule has 1 aromatic heterocycles. The normalized spacial score (nSPS) is 17.7. The third-order valence-corrected chi connectivity index (χ3v) is 3.45. The fraction of sp³-hybridized carbons (Fsp3) is 0.667. The Labute approximate surface area is 156 Å². The number of hydrogen-bond acceptors (Lipinski definition) is 5. The van der Waals surface area contributed by atoms with Gasteiger partial charge in [0.1, 0.15) is 18.8 Å². The summed E-state index contributed by atoms with van der Waals surface area (Å²) in [6.45, 7) is 13.7. The van der Waals surface area contributed by atoms with Crippen molar-refractivity contribution in [2.75, 3.05) is 6.61 Å². The summed E-state index contributed by atoms with van der Waals surface area (Å²) in [4.78, 5) is 28.5. The number of nitrogens with zero attached hydrogens (tertiary/aromatic N) is 4. The molecule has 0 saturated carbocycles. The van der Waals surface area contributed by atoms with E-state index in [0.29, 0.717) is 6.61 Å². The van der Waals surface area contributed by atoms with Crippen molar-refractivity contribution in [3.63, 3.8) is 0 Å². The summed E-state index contributed by atoms with van der Waals surface area (Å²) in [6.07, 6.45) is 7.00. The molecule has 0 fully saturated rings. The van der Waals surface area contributed by atoms with Crippen LogP contribution in [-0.4, -0.2) is 44.3 Å². The molecule has 1 aromatic rings. The van der Waals surface area contributed by atoms with Crippen molar-refractivity contribution in [2.45, 2.75) is 67.1 Å². The van der Waals surface area contributed by atoms with E-state index < -0.39 is 0 Å². The van der Waals surface area contributed by atoms with Crippen molar-refractivity contribution < 1.29 is 14.3 Å². The average Bonchev–Trinajstić information content (AvgIpc) is 3.18. The molecule has 0 saturated heterocycles. The molecule has 2 heterocycles. The number of carbonyl (C=O) groups excluding carboxylic acids is 2. The fourth-order valence-corrected chi connectivity index (χ4v) is 2.38. The van der Waals surface area contributed by atoms with Gasteiger partial charge in [-0.15, -0.1) is 0 Å². The minimum Gasteiger partial charge on any atom is -0.466 e. The highest BCUT2D eigenvalue weighted by Crippen LogP contribution is 2.18. The molecule has 148 valence electrons. The average molecular weight is 367 g/mol. The van der Waals surface area contributed by atoms with Crippen LogP contribution in [-0.2, 0) is 9.53 Å². The monoisotopic (exact) mass is 367 g/mol. The van der Waals surface area contributed by atoms with Gasteiger partial charge in [0.25, 0.3) is 0 Å². The van der Waals surface area contributed by atoms with Crippen LogP contribution in [0.1, 0.15) is 61.1 Å².